The molecule has 7 nitrogen and oxygen atoms in total. The van der Waals surface area contributed by atoms with Crippen LogP contribution in [0, 0.1) is 6.92 Å². The quantitative estimate of drug-likeness (QED) is 0.446. The van der Waals surface area contributed by atoms with Gasteiger partial charge in [-0.05, 0) is 38.0 Å². The fourth-order valence-electron chi connectivity index (χ4n) is 4.07. The fraction of sp³-hybridized carbons (Fsp3) is 0.346. The molecule has 0 saturated heterocycles. The van der Waals surface area contributed by atoms with E-state index in [1.165, 1.54) is 0 Å². The van der Waals surface area contributed by atoms with Gasteiger partial charge >= 0.3 is 6.03 Å². The van der Waals surface area contributed by atoms with E-state index in [2.05, 4.69) is 17.4 Å². The van der Waals surface area contributed by atoms with E-state index >= 15 is 0 Å². The number of aromatic nitrogens is 2. The maximum Gasteiger partial charge on any atom is 0.322 e. The van der Waals surface area contributed by atoms with Gasteiger partial charge in [0.05, 0.1) is 18.7 Å². The zero-order chi connectivity index (χ0) is 23.4. The van der Waals surface area contributed by atoms with Gasteiger partial charge in [-0.3, -0.25) is 4.90 Å². The first kappa shape index (κ1) is 22.6. The summed E-state index contributed by atoms with van der Waals surface area (Å²) in [6.07, 6.45) is 3.08. The van der Waals surface area contributed by atoms with Gasteiger partial charge in [-0.1, -0.05) is 66.9 Å². The Bertz CT molecular complexity index is 1150. The Labute approximate surface area is 194 Å². The number of allylic oxidation sites excluding steroid dienone is 1. The average Bonchev–Trinajstić information content (AvgIpc) is 3.31. The minimum absolute atomic E-state index is 0.106. The summed E-state index contributed by atoms with van der Waals surface area (Å²) in [6, 6.07) is 15.2. The minimum atomic E-state index is -0.376. The van der Waals surface area contributed by atoms with Crippen LogP contribution < -0.4 is 10.1 Å². The third-order valence-electron chi connectivity index (χ3n) is 5.98. The van der Waals surface area contributed by atoms with Gasteiger partial charge in [-0.2, -0.15) is 4.98 Å². The summed E-state index contributed by atoms with van der Waals surface area (Å²) < 4.78 is 11.1. The number of benzene rings is 2. The van der Waals surface area contributed by atoms with Gasteiger partial charge < -0.3 is 14.6 Å². The van der Waals surface area contributed by atoms with E-state index in [4.69, 9.17) is 14.2 Å². The third kappa shape index (κ3) is 4.77. The lowest BCUT2D eigenvalue weighted by Gasteiger charge is -2.35. The number of ether oxygens (including phenoxy) is 1. The summed E-state index contributed by atoms with van der Waals surface area (Å²) in [5, 5.41) is 7.38. The Morgan fingerprint density at radius 3 is 2.64 bits per heavy atom. The summed E-state index contributed by atoms with van der Waals surface area (Å²) >= 11 is 0. The van der Waals surface area contributed by atoms with E-state index in [1.807, 2.05) is 62.4 Å². The van der Waals surface area contributed by atoms with Crippen LogP contribution in [0.15, 0.2) is 58.8 Å². The van der Waals surface area contributed by atoms with Gasteiger partial charge in [0.15, 0.2) is 0 Å². The Morgan fingerprint density at radius 1 is 1.12 bits per heavy atom. The monoisotopic (exact) mass is 446 g/mol. The molecule has 3 aromatic rings. The second kappa shape index (κ2) is 9.90. The molecule has 1 aliphatic rings. The molecule has 1 unspecified atom stereocenters. The summed E-state index contributed by atoms with van der Waals surface area (Å²) in [6.45, 7) is 6.79. The molecule has 172 valence electrons. The van der Waals surface area contributed by atoms with E-state index in [1.54, 1.807) is 12.0 Å². The van der Waals surface area contributed by atoms with Crippen molar-refractivity contribution in [3.05, 3.63) is 71.2 Å². The number of aryl methyl sites for hydroxylation is 1. The van der Waals surface area contributed by atoms with Crippen molar-refractivity contribution in [2.75, 3.05) is 13.7 Å². The van der Waals surface area contributed by atoms with E-state index < -0.39 is 0 Å². The van der Waals surface area contributed by atoms with Crippen molar-refractivity contribution in [2.45, 2.75) is 46.1 Å². The molecule has 0 radical (unpaired) electrons. The second-order valence-corrected chi connectivity index (χ2v) is 8.31. The van der Waals surface area contributed by atoms with Crippen LogP contribution in [0.5, 0.6) is 5.75 Å². The van der Waals surface area contributed by atoms with Gasteiger partial charge in [0.2, 0.25) is 5.82 Å². The highest BCUT2D eigenvalue weighted by atomic mass is 16.5. The van der Waals surface area contributed by atoms with Crippen molar-refractivity contribution in [1.29, 1.82) is 0 Å². The molecule has 1 aromatic heterocycles. The maximum absolute atomic E-state index is 13.0. The van der Waals surface area contributed by atoms with Gasteiger partial charge in [0.25, 0.3) is 5.89 Å². The Balaban J connectivity index is 1.76. The summed E-state index contributed by atoms with van der Waals surface area (Å²) in [4.78, 5) is 19.5. The summed E-state index contributed by atoms with van der Waals surface area (Å²) in [5.74, 6) is 1.59. The molecule has 2 heterocycles. The molecule has 0 bridgehead atoms. The molecule has 0 saturated carbocycles. The predicted octanol–water partition coefficient (Wildman–Crippen LogP) is 5.74. The van der Waals surface area contributed by atoms with Crippen LogP contribution in [0.3, 0.4) is 0 Å². The number of nitrogens with zero attached hydrogens (tertiary/aromatic N) is 3. The van der Waals surface area contributed by atoms with Crippen LogP contribution in [-0.4, -0.2) is 34.7 Å². The van der Waals surface area contributed by atoms with Crippen molar-refractivity contribution in [1.82, 2.24) is 20.4 Å². The maximum atomic E-state index is 13.0. The number of unbranched alkanes of at least 4 members (excludes halogenated alkanes) is 2. The highest BCUT2D eigenvalue weighted by molar-refractivity contribution is 5.86. The van der Waals surface area contributed by atoms with Gasteiger partial charge in [-0.15, -0.1) is 0 Å². The lowest BCUT2D eigenvalue weighted by Crippen LogP contribution is -2.46. The van der Waals surface area contributed by atoms with Crippen molar-refractivity contribution in [3.63, 3.8) is 0 Å². The molecule has 0 spiro atoms. The van der Waals surface area contributed by atoms with Crippen molar-refractivity contribution in [3.8, 4) is 17.1 Å². The topological polar surface area (TPSA) is 80.5 Å². The Kier molecular flexibility index (Phi) is 6.77. The number of methoxy groups -OCH3 is 1. The van der Waals surface area contributed by atoms with Crippen LogP contribution in [-0.2, 0) is 0 Å². The largest absolute Gasteiger partial charge is 0.497 e. The van der Waals surface area contributed by atoms with Gasteiger partial charge in [0, 0.05) is 17.8 Å². The van der Waals surface area contributed by atoms with Crippen molar-refractivity contribution < 1.29 is 14.1 Å². The number of urea groups is 1. The smallest absolute Gasteiger partial charge is 0.322 e. The molecule has 7 heteroatoms. The summed E-state index contributed by atoms with van der Waals surface area (Å²) in [7, 11) is 1.62. The molecule has 0 fully saturated rings. The molecule has 0 aliphatic carbocycles. The van der Waals surface area contributed by atoms with Gasteiger partial charge in [0.1, 0.15) is 5.75 Å². The molecule has 33 heavy (non-hydrogen) atoms. The van der Waals surface area contributed by atoms with E-state index in [9.17, 15) is 4.79 Å². The normalized spacial score (nSPS) is 16.2. The number of carbonyl (C=O) groups excluding carboxylic acids is 1. The number of hydrogen-bond donors (Lipinski definition) is 1. The molecule has 2 amide bonds. The number of nitrogens with one attached hydrogen (secondary N) is 1. The fourth-order valence-corrected chi connectivity index (χ4v) is 4.07. The van der Waals surface area contributed by atoms with Crippen molar-refractivity contribution >= 4 is 11.6 Å². The average molecular weight is 447 g/mol. The van der Waals surface area contributed by atoms with Gasteiger partial charge in [-0.25, -0.2) is 4.79 Å². The summed E-state index contributed by atoms with van der Waals surface area (Å²) in [5.41, 5.74) is 4.58. The molecular formula is C26H30N4O3. The molecule has 4 rings (SSSR count). The highest BCUT2D eigenvalue weighted by Gasteiger charge is 2.35. The van der Waals surface area contributed by atoms with Crippen molar-refractivity contribution in [2.24, 2.45) is 0 Å². The van der Waals surface area contributed by atoms with Crippen LogP contribution in [0.1, 0.15) is 56.2 Å². The first-order chi connectivity index (χ1) is 16.0. The van der Waals surface area contributed by atoms with E-state index in [0.717, 1.165) is 53.0 Å². The highest BCUT2D eigenvalue weighted by Crippen LogP contribution is 2.37. The molecular weight excluding hydrogens is 416 g/mol. The first-order valence-corrected chi connectivity index (χ1v) is 11.4. The first-order valence-electron chi connectivity index (χ1n) is 11.4. The number of rotatable bonds is 8. The molecule has 1 atom stereocenters. The lowest BCUT2D eigenvalue weighted by molar-refractivity contribution is 0.204. The Morgan fingerprint density at radius 2 is 1.91 bits per heavy atom. The molecule has 1 aliphatic heterocycles. The standard InChI is InChI=1S/C26H30N4O3/c1-5-6-7-15-30-18(3)22(23(27-26(30)31)19-13-11-17(2)12-14-19)25-28-24(29-33-25)20-9-8-10-21(16-20)32-4/h8-14,16,23H,5-7,15H2,1-4H3,(H,27,31). The number of hydrogen-bond acceptors (Lipinski definition) is 5. The van der Waals surface area contributed by atoms with E-state index in [-0.39, 0.29) is 12.1 Å². The van der Waals surface area contributed by atoms with Crippen LogP contribution >= 0.6 is 0 Å². The number of carbonyl (C=O) groups is 1. The van der Waals surface area contributed by atoms with Crippen LogP contribution in [0.25, 0.3) is 17.0 Å². The zero-order valence-electron chi connectivity index (χ0n) is 19.6. The SMILES string of the molecule is CCCCCN1C(=O)NC(c2ccc(C)cc2)C(c2nc(-c3cccc(OC)c3)no2)=C1C. The van der Waals surface area contributed by atoms with E-state index in [0.29, 0.717) is 18.3 Å². The number of amides is 2. The zero-order valence-corrected chi connectivity index (χ0v) is 19.6. The lowest BCUT2D eigenvalue weighted by atomic mass is 9.94. The third-order valence-corrected chi connectivity index (χ3v) is 5.98. The second-order valence-electron chi connectivity index (χ2n) is 8.31. The molecule has 1 N–H and O–H groups in total. The van der Waals surface area contributed by atoms with Crippen LogP contribution in [0.4, 0.5) is 4.79 Å². The Hall–Kier alpha value is -3.61. The van der Waals surface area contributed by atoms with Crippen LogP contribution in [0.2, 0.25) is 0 Å². The molecule has 2 aromatic carbocycles. The minimum Gasteiger partial charge on any atom is -0.497 e. The predicted molar refractivity (Wildman–Crippen MR) is 128 cm³/mol.